The second-order valence-electron chi connectivity index (χ2n) is 12.5. The predicted molar refractivity (Wildman–Crippen MR) is 234 cm³/mol. The Morgan fingerprint density at radius 3 is 0.808 bits per heavy atom. The van der Waals surface area contributed by atoms with Gasteiger partial charge in [-0.2, -0.15) is 0 Å². The predicted octanol–water partition coefficient (Wildman–Crippen LogP) is 7.44. The minimum Gasteiger partial charge on any atom is -0.324 e. The molecule has 5 heterocycles. The Morgan fingerprint density at radius 2 is 0.596 bits per heavy atom. The number of benzene rings is 4. The molecule has 8 bridgehead atoms. The van der Waals surface area contributed by atoms with Crippen molar-refractivity contribution in [2.45, 2.75) is 0 Å². The van der Waals surface area contributed by atoms with Crippen LogP contribution in [-0.2, 0) is 0 Å². The third kappa shape index (κ3) is 5.06. The Morgan fingerprint density at radius 1 is 0.365 bits per heavy atom. The van der Waals surface area contributed by atoms with Crippen molar-refractivity contribution in [3.63, 3.8) is 0 Å². The van der Waals surface area contributed by atoms with Gasteiger partial charge in [0.15, 0.2) is 23.3 Å². The van der Waals surface area contributed by atoms with Crippen molar-refractivity contribution in [2.24, 2.45) is 0 Å². The van der Waals surface area contributed by atoms with E-state index in [-0.39, 0.29) is 0 Å². The molecule has 8 nitrogen and oxygen atoms in total. The van der Waals surface area contributed by atoms with Gasteiger partial charge in [0.2, 0.25) is 0 Å². The fraction of sp³-hybridized carbons (Fsp3) is 0. The fourth-order valence-corrected chi connectivity index (χ4v) is 7.82. The van der Waals surface area contributed by atoms with Crippen LogP contribution in [0, 0.1) is 0 Å². The van der Waals surface area contributed by atoms with E-state index in [0.29, 0.717) is 45.9 Å². The average molecular weight is 747 g/mol. The minimum absolute atomic E-state index is 0.526. The van der Waals surface area contributed by atoms with Gasteiger partial charge >= 0.3 is 0 Å². The Balaban J connectivity index is 1.52. The zero-order valence-corrected chi connectivity index (χ0v) is 32.4. The van der Waals surface area contributed by atoms with Gasteiger partial charge in [-0.05, 0) is 92.0 Å². The van der Waals surface area contributed by atoms with Crippen LogP contribution in [-0.4, -0.2) is 39.9 Å². The topological polar surface area (TPSA) is 109 Å². The highest BCUT2D eigenvalue weighted by Crippen LogP contribution is 2.38. The standard InChI is InChI=1S/C40H30N8P4/c1-5-17-9-21-22(10-18(17)6-2)34-41-33(21)43-37-25-13-29(49)30(50)14-26(25)39(47-37)45-35-23-11-19(7-3)20(8-4)12-24(23)36(42-35)46-40-28-16-32(52)31(51)15-27(28)38(44-34)48-40/h5-16H,1-4,49-52H2,(H2,41,42,43,44,45,46,47,48). The van der Waals surface area contributed by atoms with Crippen molar-refractivity contribution in [1.29, 1.82) is 0 Å². The Kier molecular flexibility index (Phi) is 7.74. The van der Waals surface area contributed by atoms with E-state index in [0.717, 1.165) is 87.3 Å². The zero-order valence-electron chi connectivity index (χ0n) is 27.7. The third-order valence-corrected chi connectivity index (χ3v) is 12.2. The van der Waals surface area contributed by atoms with Crippen molar-refractivity contribution >= 4 is 127 Å². The summed E-state index contributed by atoms with van der Waals surface area (Å²) in [6.45, 7) is 16.2. The summed E-state index contributed by atoms with van der Waals surface area (Å²) < 4.78 is 0. The molecule has 250 valence electrons. The summed E-state index contributed by atoms with van der Waals surface area (Å²) in [7, 11) is 11.2. The number of nitrogens with one attached hydrogen (secondary N) is 2. The van der Waals surface area contributed by atoms with E-state index in [4.69, 9.17) is 29.9 Å². The maximum absolute atomic E-state index is 5.19. The van der Waals surface area contributed by atoms with Gasteiger partial charge in [0.1, 0.15) is 22.6 Å². The van der Waals surface area contributed by atoms with Gasteiger partial charge in [0, 0.05) is 43.8 Å². The fourth-order valence-electron chi connectivity index (χ4n) is 6.82. The quantitative estimate of drug-likeness (QED) is 0.181. The summed E-state index contributed by atoms with van der Waals surface area (Å²) in [5.74, 6) is 2.11. The number of rotatable bonds is 4. The summed E-state index contributed by atoms with van der Waals surface area (Å²) in [6.07, 6.45) is 7.27. The highest BCUT2D eigenvalue weighted by atomic mass is 31.0. The van der Waals surface area contributed by atoms with Crippen molar-refractivity contribution in [1.82, 2.24) is 39.9 Å². The molecule has 2 N–H and O–H groups in total. The third-order valence-electron chi connectivity index (χ3n) is 9.52. The molecule has 4 aromatic carbocycles. The van der Waals surface area contributed by atoms with Crippen LogP contribution < -0.4 is 21.2 Å². The normalized spacial score (nSPS) is 11.8. The molecule has 7 aromatic rings. The maximum atomic E-state index is 5.19. The second-order valence-corrected chi connectivity index (χ2v) is 15.0. The lowest BCUT2D eigenvalue weighted by molar-refractivity contribution is 1.19. The lowest BCUT2D eigenvalue weighted by atomic mass is 10.0. The van der Waals surface area contributed by atoms with Crippen LogP contribution in [0.2, 0.25) is 0 Å². The van der Waals surface area contributed by atoms with E-state index in [1.165, 1.54) is 0 Å². The van der Waals surface area contributed by atoms with Gasteiger partial charge in [0.25, 0.3) is 0 Å². The molecule has 52 heavy (non-hydrogen) atoms. The van der Waals surface area contributed by atoms with Crippen LogP contribution in [0.25, 0.3) is 114 Å². The molecular formula is C40H30N8P4. The first-order valence-electron chi connectivity index (χ1n) is 16.2. The molecule has 3 aromatic heterocycles. The van der Waals surface area contributed by atoms with E-state index in [1.807, 2.05) is 24.3 Å². The van der Waals surface area contributed by atoms with Crippen LogP contribution in [0.5, 0.6) is 0 Å². The monoisotopic (exact) mass is 746 g/mol. The number of H-pyrrole nitrogens is 2. The Hall–Kier alpha value is -5.08. The largest absolute Gasteiger partial charge is 0.324 e. The van der Waals surface area contributed by atoms with Crippen molar-refractivity contribution in [3.05, 3.63) is 97.1 Å². The molecule has 12 heteroatoms. The molecule has 0 saturated carbocycles. The number of hydrogen-bond donors (Lipinski definition) is 2. The van der Waals surface area contributed by atoms with E-state index >= 15 is 0 Å². The first kappa shape index (κ1) is 32.8. The molecule has 4 atom stereocenters. The van der Waals surface area contributed by atoms with E-state index < -0.39 is 0 Å². The summed E-state index contributed by atoms with van der Waals surface area (Å²) in [5.41, 5.74) is 9.58. The molecule has 2 aliphatic heterocycles. The van der Waals surface area contributed by atoms with E-state index in [9.17, 15) is 0 Å². The maximum Gasteiger partial charge on any atom is 0.164 e. The molecule has 0 saturated heterocycles. The van der Waals surface area contributed by atoms with Crippen molar-refractivity contribution in [3.8, 4) is 45.6 Å². The molecule has 0 radical (unpaired) electrons. The van der Waals surface area contributed by atoms with Crippen molar-refractivity contribution in [2.75, 3.05) is 0 Å². The molecule has 0 spiro atoms. The Bertz CT molecular complexity index is 2600. The van der Waals surface area contributed by atoms with Gasteiger partial charge in [-0.15, -0.1) is 37.0 Å². The zero-order chi connectivity index (χ0) is 36.0. The molecule has 0 fully saturated rings. The number of fused-ring (bicyclic) bond motifs is 20. The second kappa shape index (κ2) is 12.3. The van der Waals surface area contributed by atoms with Gasteiger partial charge in [0.05, 0.1) is 0 Å². The van der Waals surface area contributed by atoms with Crippen LogP contribution in [0.3, 0.4) is 0 Å². The smallest absolute Gasteiger partial charge is 0.164 e. The van der Waals surface area contributed by atoms with Gasteiger partial charge in [-0.25, -0.2) is 29.9 Å². The first-order chi connectivity index (χ1) is 25.2. The molecule has 0 aliphatic carbocycles. The lowest BCUT2D eigenvalue weighted by Crippen LogP contribution is -2.11. The van der Waals surface area contributed by atoms with Crippen LogP contribution in [0.4, 0.5) is 0 Å². The number of aromatic nitrogens is 8. The SMILES string of the molecule is C=Cc1cc2c3nc4nc(nc5[nH]c(nc6nc(nc([nH]3)c2cc1C=C)-c1cc(P)c(P)cc1-6)c1cc(C=C)c(C=C)cc51)-c1cc(P)c(P)cc1-4. The lowest BCUT2D eigenvalue weighted by Gasteiger charge is -2.04. The summed E-state index contributed by atoms with van der Waals surface area (Å²) >= 11 is 0. The summed E-state index contributed by atoms with van der Waals surface area (Å²) in [4.78, 5) is 37.9. The molecule has 0 amide bonds. The minimum atomic E-state index is 0.526. The highest BCUT2D eigenvalue weighted by Gasteiger charge is 2.24. The molecule has 9 rings (SSSR count). The number of hydrogen-bond acceptors (Lipinski definition) is 6. The first-order valence-corrected chi connectivity index (χ1v) is 18.6. The number of aromatic amines is 2. The van der Waals surface area contributed by atoms with Crippen molar-refractivity contribution < 1.29 is 0 Å². The summed E-state index contributed by atoms with van der Waals surface area (Å²) in [6, 6.07) is 16.5. The van der Waals surface area contributed by atoms with Gasteiger partial charge in [-0.1, -0.05) is 50.6 Å². The van der Waals surface area contributed by atoms with Crippen LogP contribution in [0.1, 0.15) is 22.3 Å². The van der Waals surface area contributed by atoms with E-state index in [2.05, 4.69) is 122 Å². The molecular weight excluding hydrogens is 716 g/mol. The Labute approximate surface area is 308 Å². The van der Waals surface area contributed by atoms with Gasteiger partial charge < -0.3 is 9.97 Å². The van der Waals surface area contributed by atoms with E-state index in [1.54, 1.807) is 0 Å². The number of nitrogens with zero attached hydrogens (tertiary/aromatic N) is 6. The molecule has 4 unspecified atom stereocenters. The molecule has 2 aliphatic rings. The summed E-state index contributed by atoms with van der Waals surface area (Å²) in [5, 5.41) is 7.51. The highest BCUT2D eigenvalue weighted by molar-refractivity contribution is 7.36. The van der Waals surface area contributed by atoms with Crippen LogP contribution >= 0.6 is 37.0 Å². The van der Waals surface area contributed by atoms with Crippen LogP contribution in [0.15, 0.2) is 74.8 Å². The van der Waals surface area contributed by atoms with Gasteiger partial charge in [-0.3, -0.25) is 0 Å². The average Bonchev–Trinajstić information content (AvgIpc) is 3.85.